The molecule has 1 aliphatic heterocycles. The van der Waals surface area contributed by atoms with Crippen LogP contribution in [0.4, 0.5) is 0 Å². The minimum absolute atomic E-state index is 0.444. The first-order valence-electron chi connectivity index (χ1n) is 11.7. The van der Waals surface area contributed by atoms with E-state index in [0.717, 1.165) is 52.0 Å². The summed E-state index contributed by atoms with van der Waals surface area (Å²) < 4.78 is 6.37. The van der Waals surface area contributed by atoms with Crippen molar-refractivity contribution in [1.82, 2.24) is 19.9 Å². The van der Waals surface area contributed by atoms with Gasteiger partial charge in [-0.1, -0.05) is 60.6 Å². The lowest BCUT2D eigenvalue weighted by Crippen LogP contribution is -2.42. The number of thioether (sulfide) groups is 1. The summed E-state index contributed by atoms with van der Waals surface area (Å²) in [6.45, 7) is 4.95. The van der Waals surface area contributed by atoms with Crippen molar-refractivity contribution < 1.29 is 4.74 Å². The number of rotatable bonds is 8. The van der Waals surface area contributed by atoms with Crippen molar-refractivity contribution in [3.63, 3.8) is 0 Å². The molecule has 1 saturated heterocycles. The van der Waals surface area contributed by atoms with Crippen molar-refractivity contribution in [3.05, 3.63) is 83.7 Å². The molecule has 2 aromatic heterocycles. The molecule has 1 atom stereocenters. The molecule has 1 aliphatic rings. The smallest absolute Gasteiger partial charge is 0.166 e. The van der Waals surface area contributed by atoms with E-state index in [-0.39, 0.29) is 0 Å². The van der Waals surface area contributed by atoms with Gasteiger partial charge in [-0.15, -0.1) is 0 Å². The zero-order valence-electron chi connectivity index (χ0n) is 19.0. The molecule has 3 heterocycles. The number of imidazole rings is 1. The standard InChI is InChI=1S/C27H30N4OS/c1-20-25(19-33-27-29-23-12-5-6-13-24(23)30-27)28-15-14-26(20)32-18-22-11-7-8-16-31(22)17-21-9-3-2-4-10-21/h2-6,9-10,12-15,22H,7-8,11,16-19H2,1H3,(H,29,30). The number of hydrogen-bond donors (Lipinski definition) is 1. The Morgan fingerprint density at radius 3 is 2.79 bits per heavy atom. The number of pyridine rings is 1. The third kappa shape index (κ3) is 5.40. The molecule has 0 spiro atoms. The molecule has 0 saturated carbocycles. The second-order valence-electron chi connectivity index (χ2n) is 8.65. The highest BCUT2D eigenvalue weighted by Crippen LogP contribution is 2.28. The van der Waals surface area contributed by atoms with E-state index in [1.54, 1.807) is 11.8 Å². The predicted molar refractivity (Wildman–Crippen MR) is 135 cm³/mol. The molecule has 1 N–H and O–H groups in total. The maximum absolute atomic E-state index is 6.37. The topological polar surface area (TPSA) is 54.0 Å². The van der Waals surface area contributed by atoms with Crippen LogP contribution in [0.1, 0.15) is 36.1 Å². The third-order valence-electron chi connectivity index (χ3n) is 6.38. The molecule has 0 aliphatic carbocycles. The Hall–Kier alpha value is -2.83. The first kappa shape index (κ1) is 22.0. The van der Waals surface area contributed by atoms with Crippen LogP contribution in [-0.4, -0.2) is 39.0 Å². The van der Waals surface area contributed by atoms with Gasteiger partial charge in [0.1, 0.15) is 12.4 Å². The second-order valence-corrected chi connectivity index (χ2v) is 9.61. The number of nitrogens with one attached hydrogen (secondary N) is 1. The predicted octanol–water partition coefficient (Wildman–Crippen LogP) is 5.99. The summed E-state index contributed by atoms with van der Waals surface area (Å²) in [5.41, 5.74) is 5.59. The SMILES string of the molecule is Cc1c(OCC2CCCCN2Cc2ccccc2)ccnc1CSc1nc2ccccc2[nH]1. The average molecular weight is 459 g/mol. The van der Waals surface area contributed by atoms with Crippen LogP contribution in [-0.2, 0) is 12.3 Å². The van der Waals surface area contributed by atoms with Gasteiger partial charge in [0.05, 0.1) is 16.7 Å². The fraction of sp³-hybridized carbons (Fsp3) is 0.333. The largest absolute Gasteiger partial charge is 0.492 e. The van der Waals surface area contributed by atoms with Gasteiger partial charge < -0.3 is 9.72 Å². The summed E-state index contributed by atoms with van der Waals surface area (Å²) in [6, 6.07) is 21.3. The van der Waals surface area contributed by atoms with E-state index in [1.807, 2.05) is 30.5 Å². The van der Waals surface area contributed by atoms with Gasteiger partial charge in [-0.25, -0.2) is 4.98 Å². The summed E-state index contributed by atoms with van der Waals surface area (Å²) in [7, 11) is 0. The van der Waals surface area contributed by atoms with Crippen LogP contribution in [0.3, 0.4) is 0 Å². The highest BCUT2D eigenvalue weighted by molar-refractivity contribution is 7.98. The number of likely N-dealkylation sites (tertiary alicyclic amines) is 1. The number of fused-ring (bicyclic) bond motifs is 1. The minimum atomic E-state index is 0.444. The van der Waals surface area contributed by atoms with Crippen LogP contribution in [0, 0.1) is 6.92 Å². The van der Waals surface area contributed by atoms with Crippen molar-refractivity contribution >= 4 is 22.8 Å². The van der Waals surface area contributed by atoms with Crippen molar-refractivity contribution in [1.29, 1.82) is 0 Å². The van der Waals surface area contributed by atoms with Crippen LogP contribution in [0.25, 0.3) is 11.0 Å². The Balaban J connectivity index is 1.22. The molecule has 1 unspecified atom stereocenters. The molecule has 0 bridgehead atoms. The summed E-state index contributed by atoms with van der Waals surface area (Å²) in [5.74, 6) is 1.70. The lowest BCUT2D eigenvalue weighted by Gasteiger charge is -2.35. The number of nitrogens with zero attached hydrogens (tertiary/aromatic N) is 3. The summed E-state index contributed by atoms with van der Waals surface area (Å²) in [5, 5.41) is 0.919. The molecule has 33 heavy (non-hydrogen) atoms. The Kier molecular flexibility index (Phi) is 6.93. The molecule has 4 aromatic rings. The van der Waals surface area contributed by atoms with E-state index in [1.165, 1.54) is 24.8 Å². The Labute approximate surface area is 199 Å². The molecule has 1 fully saturated rings. The lowest BCUT2D eigenvalue weighted by molar-refractivity contribution is 0.0929. The van der Waals surface area contributed by atoms with Gasteiger partial charge in [-0.05, 0) is 50.1 Å². The van der Waals surface area contributed by atoms with E-state index in [9.17, 15) is 0 Å². The van der Waals surface area contributed by atoms with Gasteiger partial charge in [0.15, 0.2) is 5.16 Å². The number of aromatic amines is 1. The number of ether oxygens (including phenoxy) is 1. The molecule has 170 valence electrons. The van der Waals surface area contributed by atoms with Crippen molar-refractivity contribution in [2.24, 2.45) is 0 Å². The molecule has 5 rings (SSSR count). The monoisotopic (exact) mass is 458 g/mol. The molecule has 6 heteroatoms. The van der Waals surface area contributed by atoms with Gasteiger partial charge in [0.2, 0.25) is 0 Å². The lowest BCUT2D eigenvalue weighted by atomic mass is 10.0. The first-order chi connectivity index (χ1) is 16.3. The summed E-state index contributed by atoms with van der Waals surface area (Å²) in [6.07, 6.45) is 5.58. The van der Waals surface area contributed by atoms with Gasteiger partial charge >= 0.3 is 0 Å². The molecule has 0 amide bonds. The summed E-state index contributed by atoms with van der Waals surface area (Å²) in [4.78, 5) is 15.2. The van der Waals surface area contributed by atoms with Gasteiger partial charge in [-0.2, -0.15) is 0 Å². The van der Waals surface area contributed by atoms with Crippen molar-refractivity contribution in [3.8, 4) is 5.75 Å². The number of benzene rings is 2. The van der Waals surface area contributed by atoms with Crippen LogP contribution in [0.15, 0.2) is 72.0 Å². The van der Waals surface area contributed by atoms with E-state index in [0.29, 0.717) is 12.6 Å². The van der Waals surface area contributed by atoms with Crippen molar-refractivity contribution in [2.45, 2.75) is 49.7 Å². The van der Waals surface area contributed by atoms with Crippen LogP contribution in [0.2, 0.25) is 0 Å². The molecular formula is C27H30N4OS. The first-order valence-corrected chi connectivity index (χ1v) is 12.7. The molecule has 0 radical (unpaired) electrons. The number of H-pyrrole nitrogens is 1. The van der Waals surface area contributed by atoms with E-state index >= 15 is 0 Å². The van der Waals surface area contributed by atoms with Crippen LogP contribution >= 0.6 is 11.8 Å². The molecule has 2 aromatic carbocycles. The molecule has 5 nitrogen and oxygen atoms in total. The maximum Gasteiger partial charge on any atom is 0.166 e. The highest BCUT2D eigenvalue weighted by atomic mass is 32.2. The maximum atomic E-state index is 6.37. The number of piperidine rings is 1. The highest BCUT2D eigenvalue weighted by Gasteiger charge is 2.23. The third-order valence-corrected chi connectivity index (χ3v) is 7.27. The van der Waals surface area contributed by atoms with E-state index in [2.05, 4.69) is 63.2 Å². The van der Waals surface area contributed by atoms with E-state index < -0.39 is 0 Å². The van der Waals surface area contributed by atoms with Crippen LogP contribution < -0.4 is 4.74 Å². The minimum Gasteiger partial charge on any atom is -0.492 e. The van der Waals surface area contributed by atoms with Crippen LogP contribution in [0.5, 0.6) is 5.75 Å². The zero-order chi connectivity index (χ0) is 22.5. The van der Waals surface area contributed by atoms with Gasteiger partial charge in [0.25, 0.3) is 0 Å². The molecular weight excluding hydrogens is 428 g/mol. The second kappa shape index (κ2) is 10.4. The fourth-order valence-corrected chi connectivity index (χ4v) is 5.37. The average Bonchev–Trinajstić information content (AvgIpc) is 3.27. The summed E-state index contributed by atoms with van der Waals surface area (Å²) >= 11 is 1.68. The van der Waals surface area contributed by atoms with E-state index in [4.69, 9.17) is 4.74 Å². The normalized spacial score (nSPS) is 16.8. The van der Waals surface area contributed by atoms with Gasteiger partial charge in [-0.3, -0.25) is 9.88 Å². The number of aromatic nitrogens is 3. The quantitative estimate of drug-likeness (QED) is 0.329. The van der Waals surface area contributed by atoms with Crippen molar-refractivity contribution in [2.75, 3.05) is 13.2 Å². The van der Waals surface area contributed by atoms with Gasteiger partial charge in [0, 0.05) is 30.1 Å². The number of hydrogen-bond acceptors (Lipinski definition) is 5. The Morgan fingerprint density at radius 1 is 1.06 bits per heavy atom. The zero-order valence-corrected chi connectivity index (χ0v) is 19.9. The number of para-hydroxylation sites is 2. The fourth-order valence-electron chi connectivity index (χ4n) is 4.46. The Morgan fingerprint density at radius 2 is 1.91 bits per heavy atom. The Bertz CT molecular complexity index is 1160.